The van der Waals surface area contributed by atoms with Crippen molar-refractivity contribution in [1.82, 2.24) is 0 Å². The maximum atomic E-state index is 10.9. The van der Waals surface area contributed by atoms with Crippen LogP contribution in [0, 0.1) is 16.0 Å². The van der Waals surface area contributed by atoms with E-state index in [0.717, 1.165) is 0 Å². The number of hydrogen-bond donors (Lipinski definition) is 0. The molecule has 0 amide bonds. The van der Waals surface area contributed by atoms with Crippen molar-refractivity contribution in [2.24, 2.45) is 5.92 Å². The van der Waals surface area contributed by atoms with Gasteiger partial charge in [-0.25, -0.2) is 0 Å². The number of nitrogens with zero attached hydrogens (tertiary/aromatic N) is 1. The van der Waals surface area contributed by atoms with Gasteiger partial charge in [-0.1, -0.05) is 6.08 Å². The summed E-state index contributed by atoms with van der Waals surface area (Å²) in [6.07, 6.45) is 5.07. The molecule has 0 N–H and O–H groups in total. The fourth-order valence-electron chi connectivity index (χ4n) is 1.07. The summed E-state index contributed by atoms with van der Waals surface area (Å²) < 4.78 is 0. The van der Waals surface area contributed by atoms with Crippen LogP contribution in [0.3, 0.4) is 0 Å². The topological polar surface area (TPSA) is 60.2 Å². The van der Waals surface area contributed by atoms with Gasteiger partial charge in [0.2, 0.25) is 0 Å². The largest absolute Gasteiger partial charge is 0.299 e. The third-order valence-electron chi connectivity index (χ3n) is 1.78. The average molecular weight is 167 g/mol. The molecule has 0 aromatic heterocycles. The van der Waals surface area contributed by atoms with Crippen molar-refractivity contribution in [1.29, 1.82) is 0 Å². The summed E-state index contributed by atoms with van der Waals surface area (Å²) in [6, 6.07) is 0. The van der Waals surface area contributed by atoms with Gasteiger partial charge in [-0.2, -0.15) is 0 Å². The lowest BCUT2D eigenvalue weighted by atomic mass is 9.96. The molecule has 1 aliphatic carbocycles. The molecule has 0 fully saturated rings. The van der Waals surface area contributed by atoms with Crippen LogP contribution in [0.2, 0.25) is 0 Å². The molecule has 1 aliphatic rings. The minimum absolute atomic E-state index is 0.0152. The van der Waals surface area contributed by atoms with E-state index in [9.17, 15) is 14.9 Å². The van der Waals surface area contributed by atoms with Gasteiger partial charge in [-0.05, 0) is 13.3 Å². The summed E-state index contributed by atoms with van der Waals surface area (Å²) >= 11 is 0. The molecule has 0 heterocycles. The van der Waals surface area contributed by atoms with Gasteiger partial charge in [0.15, 0.2) is 0 Å². The molecule has 12 heavy (non-hydrogen) atoms. The summed E-state index contributed by atoms with van der Waals surface area (Å²) in [5.74, 6) is -0.339. The molecule has 0 aliphatic heterocycles. The Morgan fingerprint density at radius 2 is 2.42 bits per heavy atom. The quantitative estimate of drug-likeness (QED) is 0.460. The first-order chi connectivity index (χ1) is 5.61. The molecular formula is C8H9NO3. The Labute approximate surface area is 69.7 Å². The zero-order valence-electron chi connectivity index (χ0n) is 6.69. The minimum Gasteiger partial charge on any atom is -0.299 e. The number of carbonyl (C=O) groups excluding carboxylic acids is 1. The number of nitro groups is 1. The molecular weight excluding hydrogens is 158 g/mol. The van der Waals surface area contributed by atoms with Gasteiger partial charge in [0.25, 0.3) is 5.70 Å². The summed E-state index contributed by atoms with van der Waals surface area (Å²) in [4.78, 5) is 20.7. The molecule has 0 radical (unpaired) electrons. The maximum absolute atomic E-state index is 10.9. The summed E-state index contributed by atoms with van der Waals surface area (Å²) in [5, 5.41) is 10.3. The van der Waals surface area contributed by atoms with Crippen LogP contribution in [0.15, 0.2) is 23.9 Å². The Balaban J connectivity index is 2.82. The van der Waals surface area contributed by atoms with Gasteiger partial charge in [0, 0.05) is 18.1 Å². The normalized spacial score (nSPS) is 21.8. The van der Waals surface area contributed by atoms with E-state index in [1.807, 2.05) is 0 Å². The highest BCUT2D eigenvalue weighted by atomic mass is 16.6. The molecule has 1 atom stereocenters. The highest BCUT2D eigenvalue weighted by Crippen LogP contribution is 2.17. The zero-order valence-corrected chi connectivity index (χ0v) is 6.69. The molecule has 0 aromatic carbocycles. The molecule has 0 saturated heterocycles. The Morgan fingerprint density at radius 3 is 2.92 bits per heavy atom. The number of Topliss-reactive ketones (excluding diaryl/α,β-unsaturated/α-hetero) is 1. The zero-order chi connectivity index (χ0) is 9.14. The predicted molar refractivity (Wildman–Crippen MR) is 43.0 cm³/mol. The highest BCUT2D eigenvalue weighted by Gasteiger charge is 2.18. The second-order valence-electron chi connectivity index (χ2n) is 2.70. The number of ketones is 1. The van der Waals surface area contributed by atoms with Gasteiger partial charge in [0.05, 0.1) is 4.92 Å². The second-order valence-corrected chi connectivity index (χ2v) is 2.70. The van der Waals surface area contributed by atoms with Crippen molar-refractivity contribution >= 4 is 5.78 Å². The molecule has 4 nitrogen and oxygen atoms in total. The van der Waals surface area contributed by atoms with E-state index < -0.39 is 4.92 Å². The van der Waals surface area contributed by atoms with Crippen LogP contribution in [0.1, 0.15) is 13.3 Å². The van der Waals surface area contributed by atoms with E-state index >= 15 is 0 Å². The third kappa shape index (κ3) is 1.78. The summed E-state index contributed by atoms with van der Waals surface area (Å²) in [7, 11) is 0. The van der Waals surface area contributed by atoms with Crippen LogP contribution in [-0.4, -0.2) is 10.7 Å². The molecule has 0 aromatic rings. The van der Waals surface area contributed by atoms with Gasteiger partial charge in [-0.3, -0.25) is 14.9 Å². The van der Waals surface area contributed by atoms with Crippen molar-refractivity contribution in [2.45, 2.75) is 13.3 Å². The number of allylic oxidation sites excluding steroid dienone is 3. The predicted octanol–water partition coefficient (Wildman–Crippen LogP) is 1.31. The Bertz CT molecular complexity index is 278. The molecule has 64 valence electrons. The Morgan fingerprint density at radius 1 is 1.75 bits per heavy atom. The van der Waals surface area contributed by atoms with Crippen molar-refractivity contribution in [3.63, 3.8) is 0 Å². The van der Waals surface area contributed by atoms with Crippen molar-refractivity contribution < 1.29 is 9.72 Å². The van der Waals surface area contributed by atoms with Gasteiger partial charge in [-0.15, -0.1) is 0 Å². The Kier molecular flexibility index (Phi) is 2.38. The van der Waals surface area contributed by atoms with Crippen LogP contribution >= 0.6 is 0 Å². The minimum atomic E-state index is -0.481. The van der Waals surface area contributed by atoms with Gasteiger partial charge >= 0.3 is 0 Å². The van der Waals surface area contributed by atoms with Crippen LogP contribution in [-0.2, 0) is 4.79 Å². The monoisotopic (exact) mass is 167 g/mol. The highest BCUT2D eigenvalue weighted by molar-refractivity contribution is 5.80. The average Bonchev–Trinajstić information content (AvgIpc) is 2.04. The van der Waals surface area contributed by atoms with Gasteiger partial charge < -0.3 is 0 Å². The SMILES string of the molecule is CC(=O)C1C=C([N+](=O)[O-])C=CC1. The van der Waals surface area contributed by atoms with E-state index in [2.05, 4.69) is 0 Å². The molecule has 4 heteroatoms. The van der Waals surface area contributed by atoms with E-state index in [1.54, 1.807) is 6.08 Å². The summed E-state index contributed by atoms with van der Waals surface area (Å²) in [6.45, 7) is 1.44. The number of hydrogen-bond acceptors (Lipinski definition) is 3. The Hall–Kier alpha value is -1.45. The molecule has 1 unspecified atom stereocenters. The van der Waals surface area contributed by atoms with Crippen LogP contribution in [0.25, 0.3) is 0 Å². The molecule has 0 spiro atoms. The van der Waals surface area contributed by atoms with Crippen LogP contribution in [0.4, 0.5) is 0 Å². The smallest absolute Gasteiger partial charge is 0.265 e. The van der Waals surface area contributed by atoms with E-state index in [1.165, 1.54) is 19.1 Å². The first-order valence-corrected chi connectivity index (χ1v) is 3.64. The van der Waals surface area contributed by atoms with E-state index in [0.29, 0.717) is 6.42 Å². The van der Waals surface area contributed by atoms with Gasteiger partial charge in [0.1, 0.15) is 5.78 Å². The van der Waals surface area contributed by atoms with Crippen LogP contribution < -0.4 is 0 Å². The lowest BCUT2D eigenvalue weighted by Gasteiger charge is -2.08. The molecule has 0 bridgehead atoms. The lowest BCUT2D eigenvalue weighted by molar-refractivity contribution is -0.419. The third-order valence-corrected chi connectivity index (χ3v) is 1.78. The van der Waals surface area contributed by atoms with Crippen molar-refractivity contribution in [2.75, 3.05) is 0 Å². The second kappa shape index (κ2) is 3.30. The van der Waals surface area contributed by atoms with E-state index in [4.69, 9.17) is 0 Å². The lowest BCUT2D eigenvalue weighted by Crippen LogP contribution is -2.12. The fraction of sp³-hybridized carbons (Fsp3) is 0.375. The van der Waals surface area contributed by atoms with Crippen molar-refractivity contribution in [3.8, 4) is 0 Å². The molecule has 1 rings (SSSR count). The summed E-state index contributed by atoms with van der Waals surface area (Å²) in [5.41, 5.74) is 0.0152. The van der Waals surface area contributed by atoms with E-state index in [-0.39, 0.29) is 17.4 Å². The standard InChI is InChI=1S/C8H9NO3/c1-6(10)7-3-2-4-8(5-7)9(11)12/h2,4-5,7H,3H2,1H3. The number of rotatable bonds is 2. The molecule has 0 saturated carbocycles. The number of carbonyl (C=O) groups is 1. The first kappa shape index (κ1) is 8.64. The van der Waals surface area contributed by atoms with Crippen molar-refractivity contribution in [3.05, 3.63) is 34.0 Å². The fourth-order valence-corrected chi connectivity index (χ4v) is 1.07. The first-order valence-electron chi connectivity index (χ1n) is 3.64. The maximum Gasteiger partial charge on any atom is 0.265 e. The van der Waals surface area contributed by atoms with Crippen LogP contribution in [0.5, 0.6) is 0 Å².